The Labute approximate surface area is 144 Å². The molecule has 1 saturated carbocycles. The Kier molecular flexibility index (Phi) is 7.04. The lowest BCUT2D eigenvalue weighted by Crippen LogP contribution is -2.44. The number of alkyl halides is 3. The lowest BCUT2D eigenvalue weighted by atomic mass is 9.99. The minimum absolute atomic E-state index is 0. The van der Waals surface area contributed by atoms with Crippen LogP contribution >= 0.6 is 12.4 Å². The minimum Gasteiger partial charge on any atom is -0.329 e. The van der Waals surface area contributed by atoms with Gasteiger partial charge < -0.3 is 5.73 Å². The number of nitrogens with two attached hydrogens (primary N) is 1. The molecule has 0 saturated heterocycles. The highest BCUT2D eigenvalue weighted by molar-refractivity contribution is 7.89. The summed E-state index contributed by atoms with van der Waals surface area (Å²) in [5.41, 5.74) is 4.10. The average Bonchev–Trinajstić information content (AvgIpc) is 2.97. The minimum atomic E-state index is -4.87. The summed E-state index contributed by atoms with van der Waals surface area (Å²) in [5, 5.41) is 0. The first-order valence-corrected chi connectivity index (χ1v) is 8.72. The van der Waals surface area contributed by atoms with Gasteiger partial charge in [0.15, 0.2) is 0 Å². The molecule has 10 heteroatoms. The zero-order valence-electron chi connectivity index (χ0n) is 12.6. The summed E-state index contributed by atoms with van der Waals surface area (Å²) in [5.74, 6) is -1.53. The van der Waals surface area contributed by atoms with Gasteiger partial charge in [0.25, 0.3) is 0 Å². The normalized spacial score (nSPS) is 17.5. The van der Waals surface area contributed by atoms with Crippen molar-refractivity contribution in [1.82, 2.24) is 4.72 Å². The molecule has 24 heavy (non-hydrogen) atoms. The topological polar surface area (TPSA) is 72.2 Å². The second-order valence-corrected chi connectivity index (χ2v) is 7.36. The number of nitrogens with one attached hydrogen (secondary N) is 1. The molecular weight excluding hydrogens is 372 g/mol. The van der Waals surface area contributed by atoms with E-state index in [9.17, 15) is 26.0 Å². The summed E-state index contributed by atoms with van der Waals surface area (Å²) >= 11 is 0. The summed E-state index contributed by atoms with van der Waals surface area (Å²) < 4.78 is 78.0. The van der Waals surface area contributed by atoms with Gasteiger partial charge in [0.1, 0.15) is 5.82 Å². The Morgan fingerprint density at radius 3 is 2.29 bits per heavy atom. The SMILES string of the molecule is Cl.NCC(NS(=O)(=O)c1ccc(C(F)(F)F)c(F)c1)C1CCCC1. The second-order valence-electron chi connectivity index (χ2n) is 5.65. The summed E-state index contributed by atoms with van der Waals surface area (Å²) in [4.78, 5) is -0.542. The van der Waals surface area contributed by atoms with Gasteiger partial charge in [0, 0.05) is 12.6 Å². The van der Waals surface area contributed by atoms with Crippen molar-refractivity contribution in [2.24, 2.45) is 11.7 Å². The molecular formula is C14H19ClF4N2O2S. The highest BCUT2D eigenvalue weighted by atomic mass is 35.5. The first-order valence-electron chi connectivity index (χ1n) is 7.24. The first-order chi connectivity index (χ1) is 10.6. The predicted molar refractivity (Wildman–Crippen MR) is 83.8 cm³/mol. The number of hydrogen-bond acceptors (Lipinski definition) is 3. The van der Waals surface area contributed by atoms with Crippen LogP contribution in [0.4, 0.5) is 17.6 Å². The predicted octanol–water partition coefficient (Wildman–Crippen LogP) is 3.06. The molecule has 1 aromatic carbocycles. The van der Waals surface area contributed by atoms with Crippen molar-refractivity contribution >= 4 is 22.4 Å². The number of hydrogen-bond donors (Lipinski definition) is 2. The highest BCUT2D eigenvalue weighted by Crippen LogP contribution is 2.32. The van der Waals surface area contributed by atoms with E-state index >= 15 is 0 Å². The summed E-state index contributed by atoms with van der Waals surface area (Å²) in [6.45, 7) is 0.0764. The maximum Gasteiger partial charge on any atom is 0.419 e. The Morgan fingerprint density at radius 2 is 1.83 bits per heavy atom. The Balaban J connectivity index is 0.00000288. The molecule has 1 fully saturated rings. The lowest BCUT2D eigenvalue weighted by Gasteiger charge is -2.23. The first kappa shape index (κ1) is 21.1. The largest absolute Gasteiger partial charge is 0.419 e. The van der Waals surface area contributed by atoms with Gasteiger partial charge in [-0.2, -0.15) is 13.2 Å². The van der Waals surface area contributed by atoms with Gasteiger partial charge in [-0.05, 0) is 37.0 Å². The van der Waals surface area contributed by atoms with E-state index in [1.807, 2.05) is 0 Å². The van der Waals surface area contributed by atoms with Crippen LogP contribution in [0, 0.1) is 11.7 Å². The van der Waals surface area contributed by atoms with Crippen molar-refractivity contribution in [3.63, 3.8) is 0 Å². The zero-order valence-corrected chi connectivity index (χ0v) is 14.3. The maximum atomic E-state index is 13.6. The molecule has 0 aliphatic heterocycles. The second kappa shape index (κ2) is 7.99. The summed E-state index contributed by atoms with van der Waals surface area (Å²) in [6, 6.07) is 1.05. The molecule has 3 N–H and O–H groups in total. The molecule has 138 valence electrons. The molecule has 0 heterocycles. The molecule has 1 unspecified atom stereocenters. The van der Waals surface area contributed by atoms with E-state index in [1.165, 1.54) is 0 Å². The quantitative estimate of drug-likeness (QED) is 0.759. The maximum absolute atomic E-state index is 13.6. The van der Waals surface area contributed by atoms with Crippen LogP contribution in [0.1, 0.15) is 31.2 Å². The number of sulfonamides is 1. The van der Waals surface area contributed by atoms with Gasteiger partial charge in [-0.25, -0.2) is 17.5 Å². The Hall–Kier alpha value is -0.900. The van der Waals surface area contributed by atoms with Gasteiger partial charge in [-0.15, -0.1) is 12.4 Å². The van der Waals surface area contributed by atoms with Crippen molar-refractivity contribution in [2.45, 2.75) is 42.8 Å². The van der Waals surface area contributed by atoms with Crippen LogP contribution in [0.2, 0.25) is 0 Å². The zero-order chi connectivity index (χ0) is 17.3. The monoisotopic (exact) mass is 390 g/mol. The number of rotatable bonds is 5. The van der Waals surface area contributed by atoms with E-state index in [-0.39, 0.29) is 24.9 Å². The van der Waals surface area contributed by atoms with Crippen molar-refractivity contribution < 1.29 is 26.0 Å². The van der Waals surface area contributed by atoms with E-state index in [1.54, 1.807) is 0 Å². The van der Waals surface area contributed by atoms with Crippen LogP contribution in [0.3, 0.4) is 0 Å². The highest BCUT2D eigenvalue weighted by Gasteiger charge is 2.35. The average molecular weight is 391 g/mol. The molecule has 2 rings (SSSR count). The van der Waals surface area contributed by atoms with E-state index in [0.29, 0.717) is 12.1 Å². The van der Waals surface area contributed by atoms with Crippen LogP contribution in [0.15, 0.2) is 23.1 Å². The smallest absolute Gasteiger partial charge is 0.329 e. The molecule has 4 nitrogen and oxygen atoms in total. The van der Waals surface area contributed by atoms with Gasteiger partial charge in [0.2, 0.25) is 10.0 Å². The number of benzene rings is 1. The third-order valence-electron chi connectivity index (χ3n) is 4.09. The van der Waals surface area contributed by atoms with Crippen LogP contribution in [-0.2, 0) is 16.2 Å². The molecule has 0 radical (unpaired) electrons. The van der Waals surface area contributed by atoms with Crippen molar-refractivity contribution in [3.8, 4) is 0 Å². The van der Waals surface area contributed by atoms with Crippen molar-refractivity contribution in [1.29, 1.82) is 0 Å². The van der Waals surface area contributed by atoms with E-state index in [2.05, 4.69) is 4.72 Å². The summed E-state index contributed by atoms with van der Waals surface area (Å²) in [6.07, 6.45) is -1.23. The number of halogens is 5. The summed E-state index contributed by atoms with van der Waals surface area (Å²) in [7, 11) is -4.13. The van der Waals surface area contributed by atoms with E-state index in [0.717, 1.165) is 31.7 Å². The van der Waals surface area contributed by atoms with E-state index < -0.39 is 38.5 Å². The van der Waals surface area contributed by atoms with Crippen LogP contribution in [-0.4, -0.2) is 21.0 Å². The molecule has 1 aliphatic carbocycles. The van der Waals surface area contributed by atoms with Gasteiger partial charge in [-0.1, -0.05) is 12.8 Å². The Morgan fingerprint density at radius 1 is 1.25 bits per heavy atom. The van der Waals surface area contributed by atoms with Crippen molar-refractivity contribution in [3.05, 3.63) is 29.6 Å². The van der Waals surface area contributed by atoms with Gasteiger partial charge in [0.05, 0.1) is 10.5 Å². The molecule has 1 aromatic rings. The van der Waals surface area contributed by atoms with Gasteiger partial charge >= 0.3 is 6.18 Å². The molecule has 0 amide bonds. The van der Waals surface area contributed by atoms with Crippen LogP contribution in [0.25, 0.3) is 0 Å². The van der Waals surface area contributed by atoms with Crippen LogP contribution < -0.4 is 10.5 Å². The standard InChI is InChI=1S/C14H18F4N2O2S.ClH/c15-12-7-10(5-6-11(12)14(16,17)18)23(21,22)20-13(8-19)9-3-1-2-4-9;/h5-7,9,13,20H,1-4,8,19H2;1H. The third-order valence-corrected chi connectivity index (χ3v) is 5.57. The lowest BCUT2D eigenvalue weighted by molar-refractivity contribution is -0.140. The molecule has 1 aliphatic rings. The fraction of sp³-hybridized carbons (Fsp3) is 0.571. The fourth-order valence-electron chi connectivity index (χ4n) is 2.86. The van der Waals surface area contributed by atoms with Gasteiger partial charge in [-0.3, -0.25) is 0 Å². The van der Waals surface area contributed by atoms with E-state index in [4.69, 9.17) is 5.73 Å². The van der Waals surface area contributed by atoms with Crippen LogP contribution in [0.5, 0.6) is 0 Å². The molecule has 0 bridgehead atoms. The third kappa shape index (κ3) is 4.81. The molecule has 0 spiro atoms. The Bertz CT molecular complexity index is 661. The van der Waals surface area contributed by atoms with Crippen molar-refractivity contribution in [2.75, 3.05) is 6.54 Å². The molecule has 1 atom stereocenters. The molecule has 0 aromatic heterocycles. The fourth-order valence-corrected chi connectivity index (χ4v) is 4.19.